The SMILES string of the molecule is Cn1cc([C@H]2CNC[C@@H]2C(=O)N(CCc2ccccc2)C2CCCC2)cn1. The van der Waals surface area contributed by atoms with Gasteiger partial charge in [-0.1, -0.05) is 43.2 Å². The molecule has 0 radical (unpaired) electrons. The summed E-state index contributed by atoms with van der Waals surface area (Å²) in [5, 5.41) is 7.76. The van der Waals surface area contributed by atoms with Gasteiger partial charge >= 0.3 is 0 Å². The lowest BCUT2D eigenvalue weighted by molar-refractivity contribution is -0.137. The van der Waals surface area contributed by atoms with E-state index in [4.69, 9.17) is 0 Å². The molecule has 1 saturated carbocycles. The molecule has 5 nitrogen and oxygen atoms in total. The van der Waals surface area contributed by atoms with Gasteiger partial charge in [-0.2, -0.15) is 5.10 Å². The van der Waals surface area contributed by atoms with Crippen molar-refractivity contribution in [3.63, 3.8) is 0 Å². The van der Waals surface area contributed by atoms with Crippen molar-refractivity contribution >= 4 is 5.91 Å². The molecule has 1 N–H and O–H groups in total. The third kappa shape index (κ3) is 4.08. The number of aryl methyl sites for hydroxylation is 1. The van der Waals surface area contributed by atoms with E-state index in [0.29, 0.717) is 11.9 Å². The Bertz CT molecular complexity index is 751. The molecule has 2 aromatic rings. The maximum absolute atomic E-state index is 13.6. The molecule has 1 saturated heterocycles. The molecule has 0 unspecified atom stereocenters. The van der Waals surface area contributed by atoms with Crippen LogP contribution in [-0.2, 0) is 18.3 Å². The molecule has 1 aromatic carbocycles. The molecule has 2 fully saturated rings. The van der Waals surface area contributed by atoms with Crippen LogP contribution in [0.15, 0.2) is 42.7 Å². The fourth-order valence-electron chi connectivity index (χ4n) is 4.72. The summed E-state index contributed by atoms with van der Waals surface area (Å²) in [4.78, 5) is 15.8. The first-order chi connectivity index (χ1) is 13.2. The van der Waals surface area contributed by atoms with Gasteiger partial charge in [-0.05, 0) is 30.4 Å². The molecule has 1 aliphatic carbocycles. The van der Waals surface area contributed by atoms with Crippen molar-refractivity contribution in [1.82, 2.24) is 20.0 Å². The fraction of sp³-hybridized carbons (Fsp3) is 0.545. The van der Waals surface area contributed by atoms with Crippen molar-refractivity contribution in [2.45, 2.75) is 44.1 Å². The van der Waals surface area contributed by atoms with E-state index in [-0.39, 0.29) is 11.8 Å². The molecule has 5 heteroatoms. The molecule has 1 aromatic heterocycles. The van der Waals surface area contributed by atoms with Crippen molar-refractivity contribution in [2.24, 2.45) is 13.0 Å². The number of hydrogen-bond acceptors (Lipinski definition) is 3. The van der Waals surface area contributed by atoms with Gasteiger partial charge in [0.15, 0.2) is 0 Å². The number of carbonyl (C=O) groups is 1. The number of aromatic nitrogens is 2. The van der Waals surface area contributed by atoms with E-state index < -0.39 is 0 Å². The molecular formula is C22H30N4O. The molecule has 1 aliphatic heterocycles. The molecule has 27 heavy (non-hydrogen) atoms. The second-order valence-electron chi connectivity index (χ2n) is 8.02. The number of nitrogens with one attached hydrogen (secondary N) is 1. The standard InChI is InChI=1S/C22H30N4O/c1-25-16-18(13-24-25)20-14-23-15-21(20)22(27)26(19-9-5-6-10-19)12-11-17-7-3-2-4-8-17/h2-4,7-8,13,16,19-21,23H,5-6,9-12,14-15H2,1H3/t20-,21+/m1/s1. The summed E-state index contributed by atoms with van der Waals surface area (Å²) in [6.07, 6.45) is 9.70. The highest BCUT2D eigenvalue weighted by atomic mass is 16.2. The highest BCUT2D eigenvalue weighted by molar-refractivity contribution is 5.81. The van der Waals surface area contributed by atoms with Gasteiger partial charge in [0.05, 0.1) is 12.1 Å². The fourth-order valence-corrected chi connectivity index (χ4v) is 4.72. The summed E-state index contributed by atoms with van der Waals surface area (Å²) in [7, 11) is 1.94. The summed E-state index contributed by atoms with van der Waals surface area (Å²) in [5.74, 6) is 0.578. The Hall–Kier alpha value is -2.14. The highest BCUT2D eigenvalue weighted by Gasteiger charge is 2.39. The average Bonchev–Trinajstić information content (AvgIpc) is 3.44. The number of carbonyl (C=O) groups excluding carboxylic acids is 1. The van der Waals surface area contributed by atoms with Gasteiger partial charge in [-0.15, -0.1) is 0 Å². The van der Waals surface area contributed by atoms with Crippen molar-refractivity contribution in [3.05, 3.63) is 53.9 Å². The lowest BCUT2D eigenvalue weighted by Crippen LogP contribution is -2.45. The first kappa shape index (κ1) is 18.2. The van der Waals surface area contributed by atoms with Crippen LogP contribution in [0.25, 0.3) is 0 Å². The largest absolute Gasteiger partial charge is 0.339 e. The number of nitrogens with zero attached hydrogens (tertiary/aromatic N) is 3. The van der Waals surface area contributed by atoms with Crippen molar-refractivity contribution < 1.29 is 4.79 Å². The number of amides is 1. The van der Waals surface area contributed by atoms with Gasteiger partial charge in [0.1, 0.15) is 0 Å². The van der Waals surface area contributed by atoms with E-state index in [2.05, 4.69) is 45.8 Å². The van der Waals surface area contributed by atoms with E-state index in [1.54, 1.807) is 0 Å². The smallest absolute Gasteiger partial charge is 0.227 e. The number of hydrogen-bond donors (Lipinski definition) is 1. The Morgan fingerprint density at radius 2 is 2.00 bits per heavy atom. The van der Waals surface area contributed by atoms with Crippen molar-refractivity contribution in [1.29, 1.82) is 0 Å². The summed E-state index contributed by atoms with van der Waals surface area (Å²) >= 11 is 0. The van der Waals surface area contributed by atoms with E-state index in [0.717, 1.165) is 38.9 Å². The van der Waals surface area contributed by atoms with Gasteiger partial charge in [0, 0.05) is 44.8 Å². The maximum Gasteiger partial charge on any atom is 0.227 e. The van der Waals surface area contributed by atoms with Crippen LogP contribution < -0.4 is 5.32 Å². The molecule has 4 rings (SSSR count). The maximum atomic E-state index is 13.6. The summed E-state index contributed by atoms with van der Waals surface area (Å²) in [6, 6.07) is 10.9. The van der Waals surface area contributed by atoms with Crippen LogP contribution in [0.3, 0.4) is 0 Å². The third-order valence-corrected chi connectivity index (χ3v) is 6.22. The minimum atomic E-state index is 0.0190. The zero-order valence-electron chi connectivity index (χ0n) is 16.2. The lowest BCUT2D eigenvalue weighted by atomic mass is 9.89. The zero-order valence-corrected chi connectivity index (χ0v) is 16.2. The molecule has 144 valence electrons. The van der Waals surface area contributed by atoms with E-state index in [9.17, 15) is 4.79 Å². The Balaban J connectivity index is 1.50. The summed E-state index contributed by atoms with van der Waals surface area (Å²) < 4.78 is 1.83. The second kappa shape index (κ2) is 8.26. The predicted molar refractivity (Wildman–Crippen MR) is 106 cm³/mol. The summed E-state index contributed by atoms with van der Waals surface area (Å²) in [5.41, 5.74) is 2.48. The first-order valence-corrected chi connectivity index (χ1v) is 10.3. The Morgan fingerprint density at radius 3 is 2.70 bits per heavy atom. The van der Waals surface area contributed by atoms with Gasteiger partial charge in [-0.25, -0.2) is 0 Å². The normalized spacial score (nSPS) is 23.0. The highest BCUT2D eigenvalue weighted by Crippen LogP contribution is 2.32. The molecule has 0 spiro atoms. The zero-order chi connectivity index (χ0) is 18.6. The van der Waals surface area contributed by atoms with Gasteiger partial charge in [0.25, 0.3) is 0 Å². The van der Waals surface area contributed by atoms with Gasteiger partial charge in [-0.3, -0.25) is 9.48 Å². The van der Waals surface area contributed by atoms with Crippen LogP contribution in [0.5, 0.6) is 0 Å². The quantitative estimate of drug-likeness (QED) is 0.855. The summed E-state index contributed by atoms with van der Waals surface area (Å²) in [6.45, 7) is 2.45. The van der Waals surface area contributed by atoms with Crippen LogP contribution in [0, 0.1) is 5.92 Å². The molecule has 0 bridgehead atoms. The van der Waals surface area contributed by atoms with Crippen LogP contribution in [0.2, 0.25) is 0 Å². The van der Waals surface area contributed by atoms with E-state index in [1.165, 1.54) is 24.0 Å². The Kier molecular flexibility index (Phi) is 5.58. The molecule has 2 atom stereocenters. The second-order valence-corrected chi connectivity index (χ2v) is 8.02. The Labute approximate surface area is 161 Å². The molecule has 1 amide bonds. The third-order valence-electron chi connectivity index (χ3n) is 6.22. The van der Waals surface area contributed by atoms with Crippen LogP contribution >= 0.6 is 0 Å². The van der Waals surface area contributed by atoms with Crippen LogP contribution in [-0.4, -0.2) is 46.3 Å². The van der Waals surface area contributed by atoms with Crippen LogP contribution in [0.1, 0.15) is 42.7 Å². The van der Waals surface area contributed by atoms with Gasteiger partial charge < -0.3 is 10.2 Å². The molecular weight excluding hydrogens is 336 g/mol. The minimum absolute atomic E-state index is 0.0190. The number of benzene rings is 1. The van der Waals surface area contributed by atoms with E-state index >= 15 is 0 Å². The van der Waals surface area contributed by atoms with E-state index in [1.807, 2.05) is 24.0 Å². The molecule has 2 aliphatic rings. The van der Waals surface area contributed by atoms with Crippen molar-refractivity contribution in [3.8, 4) is 0 Å². The number of rotatable bonds is 6. The van der Waals surface area contributed by atoms with Gasteiger partial charge in [0.2, 0.25) is 5.91 Å². The average molecular weight is 367 g/mol. The van der Waals surface area contributed by atoms with Crippen molar-refractivity contribution in [2.75, 3.05) is 19.6 Å². The Morgan fingerprint density at radius 1 is 1.22 bits per heavy atom. The monoisotopic (exact) mass is 366 g/mol. The van der Waals surface area contributed by atoms with Crippen LogP contribution in [0.4, 0.5) is 0 Å². The lowest BCUT2D eigenvalue weighted by Gasteiger charge is -2.33. The molecule has 2 heterocycles. The topological polar surface area (TPSA) is 50.2 Å². The first-order valence-electron chi connectivity index (χ1n) is 10.3. The minimum Gasteiger partial charge on any atom is -0.339 e. The predicted octanol–water partition coefficient (Wildman–Crippen LogP) is 2.74.